The fourth-order valence-electron chi connectivity index (χ4n) is 3.34. The summed E-state index contributed by atoms with van der Waals surface area (Å²) in [5, 5.41) is 0.768. The Kier molecular flexibility index (Phi) is 5.17. The molecule has 0 saturated carbocycles. The molecular weight excluding hydrogens is 356 g/mol. The van der Waals surface area contributed by atoms with Crippen molar-refractivity contribution in [1.29, 1.82) is 0 Å². The average molecular weight is 389 g/mol. The Balaban J connectivity index is 2.14. The molecule has 1 aliphatic heterocycles. The van der Waals surface area contributed by atoms with Crippen molar-refractivity contribution in [1.82, 2.24) is 0 Å². The van der Waals surface area contributed by atoms with E-state index < -0.39 is 8.32 Å². The number of benzene rings is 1. The van der Waals surface area contributed by atoms with Gasteiger partial charge in [-0.2, -0.15) is 0 Å². The van der Waals surface area contributed by atoms with Crippen LogP contribution in [-0.2, 0) is 9.16 Å². The van der Waals surface area contributed by atoms with Gasteiger partial charge >= 0.3 is 0 Å². The van der Waals surface area contributed by atoms with Crippen molar-refractivity contribution in [2.45, 2.75) is 71.7 Å². The van der Waals surface area contributed by atoms with Gasteiger partial charge in [0.05, 0.1) is 30.6 Å². The molecule has 1 aromatic heterocycles. The van der Waals surface area contributed by atoms with Crippen LogP contribution >= 0.6 is 0 Å². The summed E-state index contributed by atoms with van der Waals surface area (Å²) < 4.78 is 18.3. The Bertz CT molecular complexity index is 917. The molecule has 3 rings (SSSR count). The van der Waals surface area contributed by atoms with Gasteiger partial charge in [0, 0.05) is 11.1 Å². The molecule has 0 radical (unpaired) electrons. The average Bonchev–Trinajstić information content (AvgIpc) is 2.49. The largest absolute Gasteiger partial charge is 0.460 e. The predicted molar refractivity (Wildman–Crippen MR) is 112 cm³/mol. The van der Waals surface area contributed by atoms with E-state index in [9.17, 15) is 4.79 Å². The Labute approximate surface area is 163 Å². The molecule has 0 N–H and O–H groups in total. The minimum absolute atomic E-state index is 0.0580. The van der Waals surface area contributed by atoms with Crippen LogP contribution in [0.1, 0.15) is 62.2 Å². The van der Waals surface area contributed by atoms with Crippen LogP contribution in [0.25, 0.3) is 11.0 Å². The first-order valence-corrected chi connectivity index (χ1v) is 12.7. The third-order valence-corrected chi connectivity index (χ3v) is 10.7. The molecule has 1 fully saturated rings. The number of hydrogen-bond donors (Lipinski definition) is 0. The second-order valence-electron chi connectivity index (χ2n) is 9.41. The van der Waals surface area contributed by atoms with Crippen LogP contribution < -0.4 is 5.43 Å². The third-order valence-electron chi connectivity index (χ3n) is 6.15. The molecule has 2 heterocycles. The van der Waals surface area contributed by atoms with Gasteiger partial charge < -0.3 is 13.6 Å². The van der Waals surface area contributed by atoms with Crippen LogP contribution in [0.2, 0.25) is 18.1 Å². The van der Waals surface area contributed by atoms with E-state index in [-0.39, 0.29) is 22.5 Å². The van der Waals surface area contributed by atoms with Crippen molar-refractivity contribution in [2.75, 3.05) is 13.2 Å². The van der Waals surface area contributed by atoms with E-state index in [0.717, 1.165) is 16.9 Å². The summed E-state index contributed by atoms with van der Waals surface area (Å²) >= 11 is 0. The smallest absolute Gasteiger partial charge is 0.195 e. The topological polar surface area (TPSA) is 48.7 Å². The summed E-state index contributed by atoms with van der Waals surface area (Å²) in [7, 11) is -1.95. The zero-order chi connectivity index (χ0) is 20.1. The van der Waals surface area contributed by atoms with E-state index in [1.165, 1.54) is 0 Å². The van der Waals surface area contributed by atoms with Gasteiger partial charge in [0.15, 0.2) is 13.7 Å². The number of fused-ring (bicyclic) bond motifs is 1. The minimum Gasteiger partial charge on any atom is -0.460 e. The molecule has 0 unspecified atom stereocenters. The lowest BCUT2D eigenvalue weighted by Gasteiger charge is -2.38. The molecule has 2 aromatic rings. The summed E-state index contributed by atoms with van der Waals surface area (Å²) in [4.78, 5) is 13.0. The molecule has 1 aliphatic rings. The number of rotatable bonds is 4. The van der Waals surface area contributed by atoms with Gasteiger partial charge in [0.1, 0.15) is 11.3 Å². The van der Waals surface area contributed by atoms with E-state index in [1.807, 2.05) is 19.9 Å². The molecule has 0 bridgehead atoms. The summed E-state index contributed by atoms with van der Waals surface area (Å²) in [5.74, 6) is 0.941. The second kappa shape index (κ2) is 6.87. The Morgan fingerprint density at radius 3 is 2.33 bits per heavy atom. The van der Waals surface area contributed by atoms with Gasteiger partial charge in [-0.25, -0.2) is 0 Å². The first kappa shape index (κ1) is 20.3. The molecule has 148 valence electrons. The lowest BCUT2D eigenvalue weighted by atomic mass is 9.97. The molecule has 1 atom stereocenters. The third kappa shape index (κ3) is 3.65. The summed E-state index contributed by atoms with van der Waals surface area (Å²) in [6, 6.07) is 4.03. The molecule has 0 aliphatic carbocycles. The van der Waals surface area contributed by atoms with E-state index in [4.69, 9.17) is 13.6 Å². The number of aryl methyl sites for hydroxylation is 1. The van der Waals surface area contributed by atoms with Crippen molar-refractivity contribution in [3.8, 4) is 0 Å². The quantitative estimate of drug-likeness (QED) is 0.639. The van der Waals surface area contributed by atoms with Gasteiger partial charge in [-0.15, -0.1) is 0 Å². The molecule has 1 aromatic carbocycles. The van der Waals surface area contributed by atoms with Crippen molar-refractivity contribution in [3.05, 3.63) is 44.8 Å². The fourth-order valence-corrected chi connectivity index (χ4v) is 4.71. The Morgan fingerprint density at radius 1 is 1.19 bits per heavy atom. The van der Waals surface area contributed by atoms with Crippen molar-refractivity contribution in [3.63, 3.8) is 0 Å². The van der Waals surface area contributed by atoms with Crippen LogP contribution in [-0.4, -0.2) is 21.5 Å². The highest BCUT2D eigenvalue weighted by atomic mass is 28.4. The lowest BCUT2D eigenvalue weighted by molar-refractivity contribution is -0.000428. The summed E-state index contributed by atoms with van der Waals surface area (Å²) in [5.41, 5.74) is 3.44. The minimum atomic E-state index is -1.95. The summed E-state index contributed by atoms with van der Waals surface area (Å²) in [6.07, 6.45) is -0.135. The first-order valence-electron chi connectivity index (χ1n) is 9.76. The Hall–Kier alpha value is -1.43. The van der Waals surface area contributed by atoms with E-state index in [1.54, 1.807) is 0 Å². The molecule has 1 saturated heterocycles. The first-order chi connectivity index (χ1) is 12.4. The second-order valence-corrected chi connectivity index (χ2v) is 14.2. The number of ether oxygens (including phenoxy) is 1. The SMILES string of the molecule is Cc1cc([C@H](C)O[Si](C)(C)C(C)(C)C)c2oc(C3COC3)c(C)c(=O)c2c1. The van der Waals surface area contributed by atoms with Crippen LogP contribution in [0.5, 0.6) is 0 Å². The van der Waals surface area contributed by atoms with Gasteiger partial charge in [-0.05, 0) is 56.6 Å². The number of hydrogen-bond acceptors (Lipinski definition) is 4. The van der Waals surface area contributed by atoms with Crippen LogP contribution in [0.3, 0.4) is 0 Å². The van der Waals surface area contributed by atoms with Gasteiger partial charge in [0.25, 0.3) is 0 Å². The molecule has 4 nitrogen and oxygen atoms in total. The zero-order valence-corrected chi connectivity index (χ0v) is 18.9. The molecular formula is C22H32O4Si. The molecule has 5 heteroatoms. The van der Waals surface area contributed by atoms with E-state index >= 15 is 0 Å². The van der Waals surface area contributed by atoms with E-state index in [2.05, 4.69) is 46.9 Å². The maximum atomic E-state index is 13.0. The van der Waals surface area contributed by atoms with Crippen LogP contribution in [0.4, 0.5) is 0 Å². The lowest BCUT2D eigenvalue weighted by Crippen LogP contribution is -2.41. The zero-order valence-electron chi connectivity index (χ0n) is 17.9. The maximum absolute atomic E-state index is 13.0. The monoisotopic (exact) mass is 388 g/mol. The van der Waals surface area contributed by atoms with E-state index in [0.29, 0.717) is 29.7 Å². The molecule has 0 spiro atoms. The predicted octanol–water partition coefficient (Wildman–Crippen LogP) is 5.61. The standard InChI is InChI=1S/C22H32O4Si/c1-13-9-17(15(3)26-27(7,8)22(4,5)6)21-18(10-13)19(23)14(2)20(25-21)16-11-24-12-16/h9-10,15-16H,11-12H2,1-8H3/t15-/m0/s1. The van der Waals surface area contributed by atoms with Gasteiger partial charge in [-0.3, -0.25) is 4.79 Å². The van der Waals surface area contributed by atoms with Crippen molar-refractivity contribution < 1.29 is 13.6 Å². The van der Waals surface area contributed by atoms with Crippen LogP contribution in [0, 0.1) is 13.8 Å². The highest BCUT2D eigenvalue weighted by Crippen LogP contribution is 2.41. The molecule has 27 heavy (non-hydrogen) atoms. The normalized spacial score (nSPS) is 17.2. The van der Waals surface area contributed by atoms with Gasteiger partial charge in [-0.1, -0.05) is 20.8 Å². The van der Waals surface area contributed by atoms with Crippen molar-refractivity contribution >= 4 is 19.3 Å². The van der Waals surface area contributed by atoms with Crippen molar-refractivity contribution in [2.24, 2.45) is 0 Å². The van der Waals surface area contributed by atoms with Gasteiger partial charge in [0.2, 0.25) is 0 Å². The Morgan fingerprint density at radius 2 is 1.81 bits per heavy atom. The molecule has 0 amide bonds. The highest BCUT2D eigenvalue weighted by Gasteiger charge is 2.39. The maximum Gasteiger partial charge on any atom is 0.195 e. The highest BCUT2D eigenvalue weighted by molar-refractivity contribution is 6.74. The summed E-state index contributed by atoms with van der Waals surface area (Å²) in [6.45, 7) is 18.4. The van der Waals surface area contributed by atoms with Crippen LogP contribution in [0.15, 0.2) is 21.3 Å². The fraction of sp³-hybridized carbons (Fsp3) is 0.591.